The van der Waals surface area contributed by atoms with Crippen molar-refractivity contribution in [2.75, 3.05) is 25.5 Å². The van der Waals surface area contributed by atoms with Crippen molar-refractivity contribution >= 4 is 29.4 Å². The predicted molar refractivity (Wildman–Crippen MR) is 164 cm³/mol. The van der Waals surface area contributed by atoms with E-state index < -0.39 is 64.5 Å². The summed E-state index contributed by atoms with van der Waals surface area (Å²) in [6.45, 7) is 1.15. The molecule has 1 saturated heterocycles. The molecule has 49 heavy (non-hydrogen) atoms. The second kappa shape index (κ2) is 11.4. The second-order valence-electron chi connectivity index (χ2n) is 12.6. The predicted octanol–water partition coefficient (Wildman–Crippen LogP) is 5.66. The van der Waals surface area contributed by atoms with Crippen molar-refractivity contribution in [1.29, 1.82) is 0 Å². The molecule has 3 aromatic carbocycles. The third kappa shape index (κ3) is 5.11. The topological polar surface area (TPSA) is 125 Å². The molecule has 0 aromatic heterocycles. The van der Waals surface area contributed by atoms with Gasteiger partial charge in [0.05, 0.1) is 35.8 Å². The van der Waals surface area contributed by atoms with Gasteiger partial charge in [0, 0.05) is 35.3 Å². The van der Waals surface area contributed by atoms with E-state index in [1.165, 1.54) is 25.3 Å². The summed E-state index contributed by atoms with van der Waals surface area (Å²) in [5.41, 5.74) is -1.64. The van der Waals surface area contributed by atoms with Gasteiger partial charge in [-0.15, -0.1) is 0 Å². The van der Waals surface area contributed by atoms with Gasteiger partial charge in [-0.05, 0) is 84.8 Å². The monoisotopic (exact) mass is 681 g/mol. The van der Waals surface area contributed by atoms with Crippen LogP contribution in [0.3, 0.4) is 0 Å². The summed E-state index contributed by atoms with van der Waals surface area (Å²) in [6, 6.07) is 8.55. The van der Waals surface area contributed by atoms with E-state index in [2.05, 4.69) is 10.6 Å². The fourth-order valence-electron chi connectivity index (χ4n) is 7.76. The number of hydrogen-bond acceptors (Lipinski definition) is 5. The molecule has 7 rings (SSSR count). The highest BCUT2D eigenvalue weighted by molar-refractivity contribution is 6.07. The fourth-order valence-corrected chi connectivity index (χ4v) is 7.76. The van der Waals surface area contributed by atoms with E-state index in [1.807, 2.05) is 0 Å². The van der Waals surface area contributed by atoms with E-state index in [-0.39, 0.29) is 39.6 Å². The number of aromatic carboxylic acids is 1. The molecule has 1 aliphatic heterocycles. The number of halogens is 5. The van der Waals surface area contributed by atoms with Gasteiger partial charge in [0.1, 0.15) is 17.4 Å². The molecular weight excluding hydrogens is 653 g/mol. The minimum Gasteiger partial charge on any atom is -0.496 e. The van der Waals surface area contributed by atoms with Gasteiger partial charge in [-0.2, -0.15) is 13.2 Å². The summed E-state index contributed by atoms with van der Waals surface area (Å²) >= 11 is 0. The number of nitrogens with one attached hydrogen (secondary N) is 2. The number of carbonyl (C=O) groups excluding carboxylic acids is 3. The van der Waals surface area contributed by atoms with Crippen LogP contribution in [0.2, 0.25) is 0 Å². The number of methoxy groups -OCH3 is 1. The number of carbonyl (C=O) groups is 4. The van der Waals surface area contributed by atoms with Gasteiger partial charge < -0.3 is 25.4 Å². The molecule has 2 saturated carbocycles. The lowest BCUT2D eigenvalue weighted by atomic mass is 9.74. The molecule has 3 unspecified atom stereocenters. The van der Waals surface area contributed by atoms with Crippen LogP contribution < -0.4 is 15.4 Å². The normalized spacial score (nSPS) is 23.5. The van der Waals surface area contributed by atoms with Gasteiger partial charge in [0.2, 0.25) is 5.91 Å². The van der Waals surface area contributed by atoms with Gasteiger partial charge >= 0.3 is 12.1 Å². The largest absolute Gasteiger partial charge is 0.496 e. The maximum atomic E-state index is 14.9. The molecule has 1 heterocycles. The van der Waals surface area contributed by atoms with Crippen LogP contribution in [-0.2, 0) is 15.8 Å². The molecular formula is C35H28F5N3O6. The Labute approximate surface area is 275 Å². The maximum absolute atomic E-state index is 14.9. The van der Waals surface area contributed by atoms with Gasteiger partial charge in [0.25, 0.3) is 11.8 Å². The van der Waals surface area contributed by atoms with Crippen molar-refractivity contribution in [1.82, 2.24) is 10.2 Å². The molecule has 2 bridgehead atoms. The summed E-state index contributed by atoms with van der Waals surface area (Å²) in [6.07, 6.45) is -3.18. The van der Waals surface area contributed by atoms with Crippen LogP contribution in [0.4, 0.5) is 27.6 Å². The van der Waals surface area contributed by atoms with Crippen molar-refractivity contribution in [3.05, 3.63) is 94.1 Å². The van der Waals surface area contributed by atoms with E-state index in [4.69, 9.17) is 4.74 Å². The zero-order chi connectivity index (χ0) is 35.0. The van der Waals surface area contributed by atoms with Crippen molar-refractivity contribution in [2.24, 2.45) is 17.3 Å². The molecule has 254 valence electrons. The van der Waals surface area contributed by atoms with Crippen LogP contribution in [0.5, 0.6) is 5.75 Å². The molecule has 3 aliphatic carbocycles. The zero-order valence-corrected chi connectivity index (χ0v) is 25.8. The number of alkyl halides is 3. The molecule has 3 amide bonds. The first kappa shape index (κ1) is 32.3. The minimum atomic E-state index is -5.00. The molecule has 9 nitrogen and oxygen atoms in total. The van der Waals surface area contributed by atoms with Crippen LogP contribution in [-0.4, -0.2) is 59.9 Å². The summed E-state index contributed by atoms with van der Waals surface area (Å²) in [5.74, 6) is -6.51. The Bertz CT molecular complexity index is 1990. The molecule has 14 heteroatoms. The third-order valence-corrected chi connectivity index (χ3v) is 10.1. The number of rotatable bonds is 8. The Kier molecular flexibility index (Phi) is 7.52. The summed E-state index contributed by atoms with van der Waals surface area (Å²) < 4.78 is 74.5. The molecule has 3 fully saturated rings. The van der Waals surface area contributed by atoms with E-state index in [1.54, 1.807) is 4.90 Å². The Morgan fingerprint density at radius 2 is 1.71 bits per heavy atom. The number of ether oxygens (including phenoxy) is 1. The van der Waals surface area contributed by atoms with Crippen LogP contribution in [0.25, 0.3) is 11.1 Å². The molecule has 3 aromatic rings. The number of benzene rings is 3. The quantitative estimate of drug-likeness (QED) is 0.264. The second-order valence-corrected chi connectivity index (χ2v) is 12.6. The Balaban J connectivity index is 1.23. The van der Waals surface area contributed by atoms with Crippen molar-refractivity contribution in [3.63, 3.8) is 0 Å². The first-order valence-corrected chi connectivity index (χ1v) is 15.5. The van der Waals surface area contributed by atoms with Gasteiger partial charge in [0.15, 0.2) is 0 Å². The van der Waals surface area contributed by atoms with Crippen LogP contribution in [0.15, 0.2) is 65.7 Å². The fraction of sp³-hybridized carbons (Fsp3) is 0.314. The summed E-state index contributed by atoms with van der Waals surface area (Å²) in [7, 11) is 1.31. The third-order valence-electron chi connectivity index (χ3n) is 10.1. The van der Waals surface area contributed by atoms with Gasteiger partial charge in [-0.25, -0.2) is 13.6 Å². The summed E-state index contributed by atoms with van der Waals surface area (Å²) in [5, 5.41) is 14.8. The van der Waals surface area contributed by atoms with E-state index in [0.717, 1.165) is 36.3 Å². The van der Waals surface area contributed by atoms with Crippen LogP contribution in [0, 0.1) is 28.9 Å². The lowest BCUT2D eigenvalue weighted by Gasteiger charge is -2.38. The zero-order valence-electron chi connectivity index (χ0n) is 25.8. The lowest BCUT2D eigenvalue weighted by Crippen LogP contribution is -2.53. The average molecular weight is 682 g/mol. The SMILES string of the molecule is COc1ccc(-c2cc(C(=O)O)ccc2F)cc1C(=O)NC1[C@@H](C(=O)Nc2ccc(F)c(C(F)(F)F)c2)C2CCC13C(C(=O)N1CCC1)=C23. The van der Waals surface area contributed by atoms with Crippen molar-refractivity contribution in [2.45, 2.75) is 31.5 Å². The highest BCUT2D eigenvalue weighted by atomic mass is 19.4. The Morgan fingerprint density at radius 3 is 2.37 bits per heavy atom. The van der Waals surface area contributed by atoms with Gasteiger partial charge in [-0.3, -0.25) is 14.4 Å². The molecule has 3 N–H and O–H groups in total. The highest BCUT2D eigenvalue weighted by Crippen LogP contribution is 2.76. The number of amides is 3. The number of hydrogen-bond donors (Lipinski definition) is 3. The smallest absolute Gasteiger partial charge is 0.419 e. The van der Waals surface area contributed by atoms with Crippen molar-refractivity contribution < 1.29 is 51.0 Å². The van der Waals surface area contributed by atoms with E-state index in [9.17, 15) is 46.2 Å². The standard InChI is InChI=1S/C35H28F5N3O6/c1-49-25-8-4-16(20-14-17(33(47)48)3-6-23(20)36)13-21(25)30(44)42-29-26(31(45)41-18-5-7-24(37)22(15-18)35(38,39)40)19-9-10-34(29)27(19)28(34)32(46)43-11-2-12-43/h3-8,13-15,19,26,29H,2,9-12H2,1H3,(H,41,45)(H,42,44)(H,47,48)/t19?,26-,29?,34?/m0/s1. The van der Waals surface area contributed by atoms with Crippen LogP contribution >= 0.6 is 0 Å². The van der Waals surface area contributed by atoms with Crippen LogP contribution in [0.1, 0.15) is 45.5 Å². The number of carboxylic acids is 1. The lowest BCUT2D eigenvalue weighted by molar-refractivity contribution is -0.140. The van der Waals surface area contributed by atoms with E-state index >= 15 is 0 Å². The highest BCUT2D eigenvalue weighted by Gasteiger charge is 2.76. The summed E-state index contributed by atoms with van der Waals surface area (Å²) in [4.78, 5) is 54.6. The number of nitrogens with zero attached hydrogens (tertiary/aromatic N) is 1. The number of likely N-dealkylation sites (tertiary alicyclic amines) is 1. The Morgan fingerprint density at radius 1 is 0.980 bits per heavy atom. The molecule has 4 atom stereocenters. The average Bonchev–Trinajstić information content (AvgIpc) is 3.43. The van der Waals surface area contributed by atoms with Crippen molar-refractivity contribution in [3.8, 4) is 16.9 Å². The number of carboxylic acid groups (broad SMARTS) is 1. The molecule has 4 aliphatic rings. The first-order valence-electron chi connectivity index (χ1n) is 15.5. The maximum Gasteiger partial charge on any atom is 0.419 e. The Hall–Kier alpha value is -5.27. The molecule has 0 spiro atoms. The van der Waals surface area contributed by atoms with Gasteiger partial charge in [-0.1, -0.05) is 6.07 Å². The number of anilines is 1. The molecule has 0 radical (unpaired) electrons. The first-order chi connectivity index (χ1) is 23.3. The minimum absolute atomic E-state index is 0.0652. The van der Waals surface area contributed by atoms with E-state index in [0.29, 0.717) is 43.6 Å².